The van der Waals surface area contributed by atoms with Gasteiger partial charge in [0.05, 0.1) is 29.2 Å². The van der Waals surface area contributed by atoms with E-state index >= 15 is 0 Å². The van der Waals surface area contributed by atoms with Gasteiger partial charge in [0.1, 0.15) is 29.9 Å². The molecule has 5 rings (SSSR count). The summed E-state index contributed by atoms with van der Waals surface area (Å²) >= 11 is 0. The van der Waals surface area contributed by atoms with Crippen LogP contribution in [0.1, 0.15) is 24.1 Å². The quantitative estimate of drug-likeness (QED) is 0.216. The van der Waals surface area contributed by atoms with Crippen LogP contribution in [0.4, 0.5) is 20.2 Å². The highest BCUT2D eigenvalue weighted by Gasteiger charge is 2.41. The number of nitro benzene ring substituents is 1. The molecule has 3 aromatic carbocycles. The maximum Gasteiger partial charge on any atom is 0.269 e. The highest BCUT2D eigenvalue weighted by molar-refractivity contribution is 5.82. The van der Waals surface area contributed by atoms with Crippen molar-refractivity contribution in [3.63, 3.8) is 0 Å². The molecular weight excluding hydrogens is 496 g/mol. The average Bonchev–Trinajstić information content (AvgIpc) is 3.56. The molecule has 194 valence electrons. The van der Waals surface area contributed by atoms with E-state index in [1.165, 1.54) is 35.5 Å². The monoisotopic (exact) mass is 519 g/mol. The molecule has 0 saturated carbocycles. The van der Waals surface area contributed by atoms with Crippen LogP contribution in [0.5, 0.6) is 0 Å². The highest BCUT2D eigenvalue weighted by Crippen LogP contribution is 2.38. The number of hydrogen-bond acceptors (Lipinski definition) is 7. The first-order valence-electron chi connectivity index (χ1n) is 11.7. The zero-order chi connectivity index (χ0) is 26.9. The Hall–Kier alpha value is -4.71. The van der Waals surface area contributed by atoms with Crippen molar-refractivity contribution in [1.29, 1.82) is 0 Å². The Morgan fingerprint density at radius 3 is 2.58 bits per heavy atom. The minimum absolute atomic E-state index is 0.0287. The largest absolute Gasteiger partial charge is 0.381 e. The molecule has 12 heteroatoms. The predicted octanol–water partition coefficient (Wildman–Crippen LogP) is 4.58. The third kappa shape index (κ3) is 4.81. The van der Waals surface area contributed by atoms with Crippen LogP contribution in [0.15, 0.2) is 79.5 Å². The van der Waals surface area contributed by atoms with Crippen LogP contribution in [-0.4, -0.2) is 34.6 Å². The first kappa shape index (κ1) is 25.0. The molecular formula is C26H23F2N7O3. The number of fused-ring (bicyclic) bond motifs is 1. The van der Waals surface area contributed by atoms with Crippen LogP contribution in [0.25, 0.3) is 10.9 Å². The Bertz CT molecular complexity index is 1590. The molecule has 2 atom stereocenters. The second-order valence-electron chi connectivity index (χ2n) is 8.96. The molecule has 0 aliphatic carbocycles. The zero-order valence-electron chi connectivity index (χ0n) is 20.2. The lowest BCUT2D eigenvalue weighted by atomic mass is 9.86. The van der Waals surface area contributed by atoms with Crippen molar-refractivity contribution in [2.75, 3.05) is 5.32 Å². The van der Waals surface area contributed by atoms with Crippen molar-refractivity contribution >= 4 is 22.3 Å². The number of nitrogens with one attached hydrogen (secondary N) is 1. The van der Waals surface area contributed by atoms with Crippen molar-refractivity contribution in [2.24, 2.45) is 0 Å². The van der Waals surface area contributed by atoms with Gasteiger partial charge in [-0.05, 0) is 36.8 Å². The van der Waals surface area contributed by atoms with Crippen molar-refractivity contribution in [3.05, 3.63) is 112 Å². The Morgan fingerprint density at radius 2 is 1.89 bits per heavy atom. The molecule has 0 fully saturated rings. The molecule has 2 aromatic heterocycles. The molecule has 2 heterocycles. The van der Waals surface area contributed by atoms with E-state index in [0.29, 0.717) is 12.1 Å². The van der Waals surface area contributed by atoms with Gasteiger partial charge in [-0.2, -0.15) is 10.2 Å². The number of nitrogens with zero attached hydrogens (tertiary/aromatic N) is 6. The lowest BCUT2D eigenvalue weighted by Gasteiger charge is -2.35. The number of aromatic nitrogens is 5. The second kappa shape index (κ2) is 9.98. The number of rotatable bonds is 9. The first-order valence-corrected chi connectivity index (χ1v) is 11.7. The summed E-state index contributed by atoms with van der Waals surface area (Å²) in [7, 11) is 0. The standard InChI is InChI=1S/C26H23F2N7O3/c1-17(26(36,14-33-16-29-15-32-33)23-8-4-20(27)11-24(23)28)34-25-9-5-21(10-19(25)13-31-34)30-12-18-2-6-22(7-3-18)35(37)38/h2-11,13,15-17,30,36H,12,14H2,1H3/t17-,26-/m1/s1. The number of benzene rings is 3. The highest BCUT2D eigenvalue weighted by atomic mass is 19.1. The van der Waals surface area contributed by atoms with Crippen LogP contribution in [0, 0.1) is 21.7 Å². The van der Waals surface area contributed by atoms with Crippen LogP contribution in [0.3, 0.4) is 0 Å². The maximum atomic E-state index is 14.9. The Kier molecular flexibility index (Phi) is 6.55. The Labute approximate surface area is 215 Å². The number of aliphatic hydroxyl groups is 1. The van der Waals surface area contributed by atoms with Crippen molar-refractivity contribution in [3.8, 4) is 0 Å². The summed E-state index contributed by atoms with van der Waals surface area (Å²) in [6.45, 7) is 2.01. The third-order valence-electron chi connectivity index (χ3n) is 6.56. The van der Waals surface area contributed by atoms with Gasteiger partial charge in [-0.25, -0.2) is 18.4 Å². The van der Waals surface area contributed by atoms with E-state index in [0.717, 1.165) is 28.8 Å². The number of hydrogen-bond donors (Lipinski definition) is 2. The molecule has 38 heavy (non-hydrogen) atoms. The molecule has 0 aliphatic heterocycles. The van der Waals surface area contributed by atoms with E-state index in [4.69, 9.17) is 0 Å². The zero-order valence-corrected chi connectivity index (χ0v) is 20.2. The Morgan fingerprint density at radius 1 is 1.11 bits per heavy atom. The number of anilines is 1. The van der Waals surface area contributed by atoms with Gasteiger partial charge in [0, 0.05) is 41.4 Å². The third-order valence-corrected chi connectivity index (χ3v) is 6.56. The molecule has 0 aliphatic rings. The van der Waals surface area contributed by atoms with Gasteiger partial charge >= 0.3 is 0 Å². The lowest BCUT2D eigenvalue weighted by molar-refractivity contribution is -0.384. The molecule has 0 amide bonds. The number of nitro groups is 1. The summed E-state index contributed by atoms with van der Waals surface area (Å²) in [4.78, 5) is 14.3. The molecule has 0 radical (unpaired) electrons. The molecule has 2 N–H and O–H groups in total. The average molecular weight is 520 g/mol. The molecule has 5 aromatic rings. The molecule has 10 nitrogen and oxygen atoms in total. The van der Waals surface area contributed by atoms with E-state index in [1.54, 1.807) is 29.9 Å². The fourth-order valence-electron chi connectivity index (χ4n) is 4.46. The fourth-order valence-corrected chi connectivity index (χ4v) is 4.46. The van der Waals surface area contributed by atoms with Crippen molar-refractivity contribution in [2.45, 2.75) is 31.7 Å². The topological polar surface area (TPSA) is 124 Å². The van der Waals surface area contributed by atoms with Crippen molar-refractivity contribution < 1.29 is 18.8 Å². The summed E-state index contributed by atoms with van der Waals surface area (Å²) in [6, 6.07) is 14.1. The van der Waals surface area contributed by atoms with E-state index in [-0.39, 0.29) is 17.8 Å². The minimum Gasteiger partial charge on any atom is -0.381 e. The number of non-ortho nitro benzene ring substituents is 1. The van der Waals surface area contributed by atoms with Crippen molar-refractivity contribution in [1.82, 2.24) is 24.5 Å². The van der Waals surface area contributed by atoms with Crippen LogP contribution >= 0.6 is 0 Å². The van der Waals surface area contributed by atoms with Crippen LogP contribution in [0.2, 0.25) is 0 Å². The maximum absolute atomic E-state index is 14.9. The normalized spacial score (nSPS) is 13.8. The summed E-state index contributed by atoms with van der Waals surface area (Å²) in [5.74, 6) is -1.63. The van der Waals surface area contributed by atoms with E-state index in [9.17, 15) is 24.0 Å². The summed E-state index contributed by atoms with van der Waals surface area (Å²) in [6.07, 6.45) is 4.35. The summed E-state index contributed by atoms with van der Waals surface area (Å²) in [5.41, 5.74) is 0.452. The van der Waals surface area contributed by atoms with Crippen LogP contribution < -0.4 is 5.32 Å². The predicted molar refractivity (Wildman–Crippen MR) is 135 cm³/mol. The van der Waals surface area contributed by atoms with Gasteiger partial charge in [-0.3, -0.25) is 14.8 Å². The summed E-state index contributed by atoms with van der Waals surface area (Å²) < 4.78 is 31.5. The first-order chi connectivity index (χ1) is 18.2. The molecule has 0 saturated heterocycles. The molecule has 0 spiro atoms. The van der Waals surface area contributed by atoms with Gasteiger partial charge in [0.25, 0.3) is 5.69 Å². The van der Waals surface area contributed by atoms with Crippen LogP contribution in [-0.2, 0) is 18.7 Å². The minimum atomic E-state index is -1.85. The number of halogens is 2. The second-order valence-corrected chi connectivity index (χ2v) is 8.96. The van der Waals surface area contributed by atoms with Gasteiger partial charge in [-0.1, -0.05) is 18.2 Å². The SMILES string of the molecule is C[C@@H](n1ncc2cc(NCc3ccc([N+](=O)[O-])cc3)ccc21)[C@](O)(Cn1cncn1)c1ccc(F)cc1F. The van der Waals surface area contributed by atoms with E-state index in [2.05, 4.69) is 20.5 Å². The molecule has 0 bridgehead atoms. The van der Waals surface area contributed by atoms with Gasteiger partial charge < -0.3 is 10.4 Å². The molecule has 0 unspecified atom stereocenters. The summed E-state index contributed by atoms with van der Waals surface area (Å²) in [5, 5.41) is 35.3. The fraction of sp³-hybridized carbons (Fsp3) is 0.192. The Balaban J connectivity index is 1.43. The van der Waals surface area contributed by atoms with E-state index < -0.39 is 28.2 Å². The lowest BCUT2D eigenvalue weighted by Crippen LogP contribution is -2.41. The van der Waals surface area contributed by atoms with Gasteiger partial charge in [-0.15, -0.1) is 0 Å². The van der Waals surface area contributed by atoms with Gasteiger partial charge in [0.15, 0.2) is 0 Å². The smallest absolute Gasteiger partial charge is 0.269 e. The van der Waals surface area contributed by atoms with Gasteiger partial charge in [0.2, 0.25) is 0 Å². The van der Waals surface area contributed by atoms with E-state index in [1.807, 2.05) is 18.2 Å².